The average molecular weight is 310 g/mol. The number of nitrogens with one attached hydrogen (secondary N) is 1. The van der Waals surface area contributed by atoms with Gasteiger partial charge in [-0.3, -0.25) is 5.43 Å². The molecule has 0 fully saturated rings. The van der Waals surface area contributed by atoms with Crippen LogP contribution >= 0.6 is 0 Å². The number of anilines is 1. The number of hydrogen-bond donors (Lipinski definition) is 1. The highest BCUT2D eigenvalue weighted by atomic mass is 16.5. The first-order chi connectivity index (χ1) is 11.2. The van der Waals surface area contributed by atoms with Crippen LogP contribution in [0.1, 0.15) is 19.4 Å². The maximum absolute atomic E-state index is 5.70. The maximum atomic E-state index is 5.70. The van der Waals surface area contributed by atoms with Gasteiger partial charge in [0.25, 0.3) is 0 Å². The summed E-state index contributed by atoms with van der Waals surface area (Å²) in [4.78, 5) is 0. The van der Waals surface area contributed by atoms with Crippen molar-refractivity contribution in [2.45, 2.75) is 13.8 Å². The number of para-hydroxylation sites is 1. The molecule has 0 bridgehead atoms. The molecule has 0 unspecified atom stereocenters. The van der Waals surface area contributed by atoms with Gasteiger partial charge in [-0.25, -0.2) is 0 Å². The van der Waals surface area contributed by atoms with E-state index >= 15 is 0 Å². The summed E-state index contributed by atoms with van der Waals surface area (Å²) in [6, 6.07) is 15.5. The minimum atomic E-state index is 0.475. The molecule has 0 aliphatic rings. The van der Waals surface area contributed by atoms with Crippen molar-refractivity contribution in [3.8, 4) is 11.5 Å². The van der Waals surface area contributed by atoms with Crippen LogP contribution in [0.15, 0.2) is 65.8 Å². The topological polar surface area (TPSA) is 42.8 Å². The number of benzene rings is 2. The molecule has 0 saturated carbocycles. The van der Waals surface area contributed by atoms with E-state index in [0.717, 1.165) is 16.8 Å². The average Bonchev–Trinajstić information content (AvgIpc) is 2.55. The van der Waals surface area contributed by atoms with Gasteiger partial charge in [-0.05, 0) is 55.3 Å². The number of ether oxygens (including phenoxy) is 2. The molecule has 23 heavy (non-hydrogen) atoms. The summed E-state index contributed by atoms with van der Waals surface area (Å²) < 4.78 is 11.3. The van der Waals surface area contributed by atoms with Crippen molar-refractivity contribution in [1.29, 1.82) is 0 Å². The van der Waals surface area contributed by atoms with E-state index in [1.165, 1.54) is 0 Å². The number of hydrogen-bond acceptors (Lipinski definition) is 4. The Morgan fingerprint density at radius 3 is 2.61 bits per heavy atom. The number of hydrazone groups is 1. The molecule has 0 aromatic heterocycles. The van der Waals surface area contributed by atoms with E-state index in [0.29, 0.717) is 24.7 Å². The normalized spacial score (nSPS) is 10.5. The van der Waals surface area contributed by atoms with E-state index < -0.39 is 0 Å². The third-order valence-electron chi connectivity index (χ3n) is 2.92. The highest BCUT2D eigenvalue weighted by Crippen LogP contribution is 2.28. The van der Waals surface area contributed by atoms with Gasteiger partial charge in [0, 0.05) is 0 Å². The first-order valence-corrected chi connectivity index (χ1v) is 7.57. The molecular formula is C19H22N2O2. The fourth-order valence-corrected chi connectivity index (χ4v) is 1.89. The quantitative estimate of drug-likeness (QED) is 0.444. The Hall–Kier alpha value is -2.75. The van der Waals surface area contributed by atoms with E-state index in [4.69, 9.17) is 9.47 Å². The number of rotatable bonds is 8. The van der Waals surface area contributed by atoms with E-state index in [-0.39, 0.29) is 0 Å². The molecule has 0 aliphatic heterocycles. The highest BCUT2D eigenvalue weighted by Gasteiger charge is 2.06. The van der Waals surface area contributed by atoms with Gasteiger partial charge < -0.3 is 9.47 Å². The molecule has 0 heterocycles. The second-order valence-electron chi connectivity index (χ2n) is 5.12. The molecule has 4 nitrogen and oxygen atoms in total. The van der Waals surface area contributed by atoms with Crippen LogP contribution in [0.2, 0.25) is 0 Å². The maximum Gasteiger partial charge on any atom is 0.161 e. The zero-order chi connectivity index (χ0) is 16.5. The monoisotopic (exact) mass is 310 g/mol. The molecule has 0 radical (unpaired) electrons. The molecule has 1 N–H and O–H groups in total. The molecule has 0 amide bonds. The minimum absolute atomic E-state index is 0.475. The molecule has 2 aromatic rings. The Labute approximate surface area is 137 Å². The van der Waals surface area contributed by atoms with Crippen molar-refractivity contribution >= 4 is 11.9 Å². The molecule has 2 aromatic carbocycles. The standard InChI is InChI=1S/C19H22N2O2/c1-4-22-19-12-16(10-11-18(19)23-14-15(2)3)13-20-21-17-8-6-5-7-9-17/h5-13,21H,2,4,14H2,1,3H3. The summed E-state index contributed by atoms with van der Waals surface area (Å²) in [5.74, 6) is 1.42. The van der Waals surface area contributed by atoms with Crippen molar-refractivity contribution < 1.29 is 9.47 Å². The van der Waals surface area contributed by atoms with Gasteiger partial charge in [-0.15, -0.1) is 0 Å². The van der Waals surface area contributed by atoms with Crippen LogP contribution in [0, 0.1) is 0 Å². The van der Waals surface area contributed by atoms with Crippen LogP contribution < -0.4 is 14.9 Å². The van der Waals surface area contributed by atoms with E-state index in [9.17, 15) is 0 Å². The van der Waals surface area contributed by atoms with E-state index in [1.54, 1.807) is 6.21 Å². The van der Waals surface area contributed by atoms with Crippen LogP contribution in [0.3, 0.4) is 0 Å². The first-order valence-electron chi connectivity index (χ1n) is 7.57. The number of nitrogens with zero attached hydrogens (tertiary/aromatic N) is 1. The molecule has 0 aliphatic carbocycles. The lowest BCUT2D eigenvalue weighted by Gasteiger charge is -2.12. The zero-order valence-corrected chi connectivity index (χ0v) is 13.6. The Morgan fingerprint density at radius 1 is 1.13 bits per heavy atom. The van der Waals surface area contributed by atoms with Gasteiger partial charge in [0.15, 0.2) is 11.5 Å². The predicted octanol–water partition coefficient (Wildman–Crippen LogP) is 4.49. The van der Waals surface area contributed by atoms with Crippen LogP contribution in [0.5, 0.6) is 11.5 Å². The van der Waals surface area contributed by atoms with Crippen LogP contribution in [0.4, 0.5) is 5.69 Å². The van der Waals surface area contributed by atoms with Gasteiger partial charge in [0.05, 0.1) is 18.5 Å². The summed E-state index contributed by atoms with van der Waals surface area (Å²) in [7, 11) is 0. The Balaban J connectivity index is 2.07. The van der Waals surface area contributed by atoms with Crippen molar-refractivity contribution in [2.75, 3.05) is 18.6 Å². The molecule has 2 rings (SSSR count). The van der Waals surface area contributed by atoms with Gasteiger partial charge in [0.2, 0.25) is 0 Å². The largest absolute Gasteiger partial charge is 0.490 e. The fraction of sp³-hybridized carbons (Fsp3) is 0.211. The fourth-order valence-electron chi connectivity index (χ4n) is 1.89. The first kappa shape index (κ1) is 16.6. The van der Waals surface area contributed by atoms with Crippen molar-refractivity contribution in [3.63, 3.8) is 0 Å². The summed E-state index contributed by atoms with van der Waals surface area (Å²) in [6.45, 7) is 8.76. The van der Waals surface area contributed by atoms with Gasteiger partial charge in [-0.2, -0.15) is 5.10 Å². The Kier molecular flexibility index (Phi) is 6.24. The lowest BCUT2D eigenvalue weighted by Crippen LogP contribution is -2.02. The molecule has 4 heteroatoms. The van der Waals surface area contributed by atoms with Crippen LogP contribution in [-0.4, -0.2) is 19.4 Å². The minimum Gasteiger partial charge on any atom is -0.490 e. The van der Waals surface area contributed by atoms with Crippen LogP contribution in [0.25, 0.3) is 0 Å². The van der Waals surface area contributed by atoms with Gasteiger partial charge in [0.1, 0.15) is 6.61 Å². The van der Waals surface area contributed by atoms with Gasteiger partial charge in [-0.1, -0.05) is 24.8 Å². The van der Waals surface area contributed by atoms with Crippen LogP contribution in [-0.2, 0) is 0 Å². The smallest absolute Gasteiger partial charge is 0.161 e. The molecule has 0 atom stereocenters. The predicted molar refractivity (Wildman–Crippen MR) is 95.6 cm³/mol. The van der Waals surface area contributed by atoms with E-state index in [2.05, 4.69) is 17.1 Å². The van der Waals surface area contributed by atoms with E-state index in [1.807, 2.05) is 62.4 Å². The summed E-state index contributed by atoms with van der Waals surface area (Å²) in [6.07, 6.45) is 1.75. The summed E-state index contributed by atoms with van der Waals surface area (Å²) in [5, 5.41) is 4.23. The summed E-state index contributed by atoms with van der Waals surface area (Å²) >= 11 is 0. The third-order valence-corrected chi connectivity index (χ3v) is 2.92. The third kappa shape index (κ3) is 5.51. The van der Waals surface area contributed by atoms with Crippen molar-refractivity contribution in [3.05, 3.63) is 66.2 Å². The second kappa shape index (κ2) is 8.63. The lowest BCUT2D eigenvalue weighted by atomic mass is 10.2. The SMILES string of the molecule is C=C(C)COc1ccc(C=NNc2ccccc2)cc1OCC. The van der Waals surface area contributed by atoms with Gasteiger partial charge >= 0.3 is 0 Å². The second-order valence-corrected chi connectivity index (χ2v) is 5.12. The highest BCUT2D eigenvalue weighted by molar-refractivity contribution is 5.81. The molecular weight excluding hydrogens is 288 g/mol. The summed E-state index contributed by atoms with van der Waals surface area (Å²) in [5.41, 5.74) is 5.82. The zero-order valence-electron chi connectivity index (χ0n) is 13.6. The molecule has 120 valence electrons. The Bertz CT molecular complexity index is 666. The molecule has 0 spiro atoms. The Morgan fingerprint density at radius 2 is 1.91 bits per heavy atom. The molecule has 0 saturated heterocycles. The van der Waals surface area contributed by atoms with Crippen molar-refractivity contribution in [1.82, 2.24) is 0 Å². The van der Waals surface area contributed by atoms with Crippen molar-refractivity contribution in [2.24, 2.45) is 5.10 Å². The lowest BCUT2D eigenvalue weighted by molar-refractivity contribution is 0.293.